The van der Waals surface area contributed by atoms with Gasteiger partial charge in [-0.3, -0.25) is 9.36 Å². The Morgan fingerprint density at radius 1 is 0.405 bits per heavy atom. The Morgan fingerprint density at radius 2 is 0.667 bits per heavy atom. The van der Waals surface area contributed by atoms with Crippen LogP contribution in [0.15, 0.2) is 36.5 Å². The lowest BCUT2D eigenvalue weighted by Gasteiger charge is -2.29. The fourth-order valence-electron chi connectivity index (χ4n) is 11.5. The van der Waals surface area contributed by atoms with Crippen LogP contribution < -0.4 is 10.2 Å². The van der Waals surface area contributed by atoms with E-state index in [1.807, 2.05) is 27.2 Å². The summed E-state index contributed by atoms with van der Waals surface area (Å²) in [5.41, 5.74) is 0. The number of nitrogens with one attached hydrogen (secondary N) is 1. The topological polar surface area (TPSA) is 108 Å². The average molecular weight is 1200 g/mol. The van der Waals surface area contributed by atoms with Crippen LogP contribution in [-0.4, -0.2) is 68.5 Å². The maximum Gasteiger partial charge on any atom is 0.268 e. The van der Waals surface area contributed by atoms with E-state index in [1.54, 1.807) is 6.08 Å². The quantitative estimate of drug-likeness (QED) is 0.0272. The molecule has 3 unspecified atom stereocenters. The summed E-state index contributed by atoms with van der Waals surface area (Å²) in [4.78, 5) is 25.6. The molecule has 0 aromatic heterocycles. The number of carbonyl (C=O) groups is 1. The maximum atomic E-state index is 13.0. The molecule has 0 aromatic carbocycles. The third-order valence-electron chi connectivity index (χ3n) is 17.3. The second-order valence-electron chi connectivity index (χ2n) is 27.0. The third kappa shape index (κ3) is 68.2. The number of aliphatic hydroxyl groups excluding tert-OH is 1. The Bertz CT molecular complexity index is 1460. The fourth-order valence-corrected chi connectivity index (χ4v) is 12.2. The monoisotopic (exact) mass is 1200 g/mol. The van der Waals surface area contributed by atoms with E-state index in [9.17, 15) is 19.4 Å². The summed E-state index contributed by atoms with van der Waals surface area (Å²) in [5, 5.41) is 13.9. The predicted octanol–water partition coefficient (Wildman–Crippen LogP) is 23.4. The van der Waals surface area contributed by atoms with Crippen molar-refractivity contribution in [2.75, 3.05) is 40.9 Å². The highest BCUT2D eigenvalue weighted by atomic mass is 31.2. The normalized spacial score (nSPS) is 13.8. The first-order valence-electron chi connectivity index (χ1n) is 37.4. The molecule has 0 radical (unpaired) electrons. The van der Waals surface area contributed by atoms with Crippen molar-refractivity contribution < 1.29 is 32.9 Å². The molecule has 0 rings (SSSR count). The van der Waals surface area contributed by atoms with Crippen molar-refractivity contribution in [2.24, 2.45) is 0 Å². The van der Waals surface area contributed by atoms with E-state index in [1.165, 1.54) is 327 Å². The number of amides is 1. The van der Waals surface area contributed by atoms with E-state index in [0.29, 0.717) is 17.4 Å². The lowest BCUT2D eigenvalue weighted by Crippen LogP contribution is -2.45. The van der Waals surface area contributed by atoms with Crippen LogP contribution in [0.5, 0.6) is 0 Å². The first kappa shape index (κ1) is 82.7. The highest BCUT2D eigenvalue weighted by molar-refractivity contribution is 7.45. The Kier molecular flexibility index (Phi) is 65.1. The highest BCUT2D eigenvalue weighted by Crippen LogP contribution is 2.38. The zero-order chi connectivity index (χ0) is 61.2. The number of nitrogens with zero attached hydrogens (tertiary/aromatic N) is 1. The molecule has 0 aromatic rings. The minimum Gasteiger partial charge on any atom is -0.756 e. The minimum atomic E-state index is -4.61. The largest absolute Gasteiger partial charge is 0.756 e. The standard InChI is InChI=1S/C75H147N2O6P/c1-6-8-10-12-14-16-18-20-22-24-26-28-30-31-32-33-34-35-36-37-38-39-40-41-42-43-44-45-47-49-51-53-55-57-59-61-63-65-67-69-75(79)76-73(72-83-84(80,81)82-71-70-77(3,4)5)74(78)68-66-64-62-60-58-56-54-52-50-48-46-29-27-25-23-21-19-17-15-13-11-9-7-2/h24,26,58,60,66,68,73-74,78H,6-23,25,27-57,59,61-65,67,69-72H2,1-5H3,(H-,76,79,80,81)/b26-24-,60-58+,68-66+. The van der Waals surface area contributed by atoms with Gasteiger partial charge in [-0.25, -0.2) is 0 Å². The molecule has 0 bridgehead atoms. The molecule has 0 aliphatic carbocycles. The molecule has 498 valence electrons. The van der Waals surface area contributed by atoms with Gasteiger partial charge in [-0.05, 0) is 57.8 Å². The van der Waals surface area contributed by atoms with Crippen molar-refractivity contribution in [1.82, 2.24) is 5.32 Å². The van der Waals surface area contributed by atoms with Gasteiger partial charge in [0.2, 0.25) is 5.91 Å². The lowest BCUT2D eigenvalue weighted by molar-refractivity contribution is -0.870. The molecule has 0 heterocycles. The summed E-state index contributed by atoms with van der Waals surface area (Å²) in [5.74, 6) is -0.199. The first-order chi connectivity index (χ1) is 41.0. The molecular formula is C75H147N2O6P. The molecule has 1 amide bonds. The van der Waals surface area contributed by atoms with Crippen LogP contribution in [0.3, 0.4) is 0 Å². The molecule has 0 saturated heterocycles. The van der Waals surface area contributed by atoms with Crippen LogP contribution >= 0.6 is 7.82 Å². The number of hydrogen-bond acceptors (Lipinski definition) is 6. The summed E-state index contributed by atoms with van der Waals surface area (Å²) in [6, 6.07) is -0.903. The van der Waals surface area contributed by atoms with E-state index in [-0.39, 0.29) is 19.1 Å². The summed E-state index contributed by atoms with van der Waals surface area (Å²) in [7, 11) is 1.26. The molecule has 9 heteroatoms. The number of aliphatic hydroxyl groups is 1. The number of phosphoric acid groups is 1. The number of phosphoric ester groups is 1. The van der Waals surface area contributed by atoms with E-state index in [0.717, 1.165) is 38.5 Å². The summed E-state index contributed by atoms with van der Waals surface area (Å²) in [6.45, 7) is 4.69. The second kappa shape index (κ2) is 66.1. The van der Waals surface area contributed by atoms with Crippen LogP contribution in [-0.2, 0) is 18.4 Å². The molecule has 3 atom stereocenters. The van der Waals surface area contributed by atoms with Crippen molar-refractivity contribution in [3.05, 3.63) is 36.5 Å². The van der Waals surface area contributed by atoms with Gasteiger partial charge in [0.25, 0.3) is 7.82 Å². The van der Waals surface area contributed by atoms with Gasteiger partial charge in [-0.15, -0.1) is 0 Å². The van der Waals surface area contributed by atoms with Gasteiger partial charge in [-0.1, -0.05) is 359 Å². The van der Waals surface area contributed by atoms with Crippen molar-refractivity contribution in [3.63, 3.8) is 0 Å². The van der Waals surface area contributed by atoms with Crippen molar-refractivity contribution in [1.29, 1.82) is 0 Å². The average Bonchev–Trinajstić information content (AvgIpc) is 3.56. The SMILES string of the molecule is CCCCCCCCCC/C=C\CCCCCCCCCCCCCCCCCCCCCCCCCCCCCC(=O)NC(COP(=O)([O-])OCC[N+](C)(C)C)C(O)/C=C/CC/C=C/CCCCCCCCCCCCCCCCCCC. The zero-order valence-corrected chi connectivity index (χ0v) is 58.0. The number of carbonyl (C=O) groups excluding carboxylic acids is 1. The summed E-state index contributed by atoms with van der Waals surface area (Å²) in [6.07, 6.45) is 88.8. The smallest absolute Gasteiger partial charge is 0.268 e. The number of rotatable bonds is 70. The van der Waals surface area contributed by atoms with E-state index in [2.05, 4.69) is 43.5 Å². The Hall–Kier alpha value is -1.28. The Morgan fingerprint density at radius 3 is 0.964 bits per heavy atom. The zero-order valence-electron chi connectivity index (χ0n) is 57.1. The molecule has 2 N–H and O–H groups in total. The minimum absolute atomic E-state index is 0.00407. The molecule has 0 saturated carbocycles. The van der Waals surface area contributed by atoms with Crippen LogP contribution in [0, 0.1) is 0 Å². The van der Waals surface area contributed by atoms with Gasteiger partial charge in [-0.2, -0.15) is 0 Å². The van der Waals surface area contributed by atoms with Crippen molar-refractivity contribution >= 4 is 13.7 Å². The highest BCUT2D eigenvalue weighted by Gasteiger charge is 2.23. The first-order valence-corrected chi connectivity index (χ1v) is 38.8. The van der Waals surface area contributed by atoms with E-state index in [4.69, 9.17) is 9.05 Å². The summed E-state index contributed by atoms with van der Waals surface area (Å²) < 4.78 is 23.5. The lowest BCUT2D eigenvalue weighted by atomic mass is 10.0. The number of likely N-dealkylation sites (N-methyl/N-ethyl adjacent to an activating group) is 1. The van der Waals surface area contributed by atoms with Crippen LogP contribution in [0.2, 0.25) is 0 Å². The maximum absolute atomic E-state index is 13.0. The number of quaternary nitrogens is 1. The van der Waals surface area contributed by atoms with Gasteiger partial charge in [0, 0.05) is 6.42 Å². The van der Waals surface area contributed by atoms with Gasteiger partial charge in [0.1, 0.15) is 13.2 Å². The molecule has 84 heavy (non-hydrogen) atoms. The third-order valence-corrected chi connectivity index (χ3v) is 18.3. The van der Waals surface area contributed by atoms with Gasteiger partial charge < -0.3 is 28.8 Å². The van der Waals surface area contributed by atoms with Crippen molar-refractivity contribution in [3.8, 4) is 0 Å². The van der Waals surface area contributed by atoms with Crippen molar-refractivity contribution in [2.45, 2.75) is 398 Å². The molecule has 0 aliphatic heterocycles. The Labute approximate surface area is 525 Å². The fraction of sp³-hybridized carbons (Fsp3) is 0.907. The van der Waals surface area contributed by atoms with Crippen LogP contribution in [0.25, 0.3) is 0 Å². The summed E-state index contributed by atoms with van der Waals surface area (Å²) >= 11 is 0. The second-order valence-corrected chi connectivity index (χ2v) is 28.4. The molecule has 0 fully saturated rings. The predicted molar refractivity (Wildman–Crippen MR) is 367 cm³/mol. The van der Waals surface area contributed by atoms with Crippen LogP contribution in [0.1, 0.15) is 386 Å². The van der Waals surface area contributed by atoms with Gasteiger partial charge >= 0.3 is 0 Å². The van der Waals surface area contributed by atoms with E-state index >= 15 is 0 Å². The molecule has 0 spiro atoms. The number of allylic oxidation sites excluding steroid dienone is 5. The van der Waals surface area contributed by atoms with Gasteiger partial charge in [0.05, 0.1) is 39.9 Å². The van der Waals surface area contributed by atoms with Crippen LogP contribution in [0.4, 0.5) is 0 Å². The molecular weight excluding hydrogens is 1060 g/mol. The molecule has 8 nitrogen and oxygen atoms in total. The Balaban J connectivity index is 3.95. The number of hydrogen-bond donors (Lipinski definition) is 2. The number of unbranched alkanes of at least 4 members (excludes halogenated alkanes) is 53. The van der Waals surface area contributed by atoms with E-state index < -0.39 is 20.0 Å². The molecule has 0 aliphatic rings. The van der Waals surface area contributed by atoms with Gasteiger partial charge in [0.15, 0.2) is 0 Å².